The molecule has 0 bridgehead atoms. The van der Waals surface area contributed by atoms with Crippen molar-refractivity contribution in [2.75, 3.05) is 13.2 Å². The molecule has 29 heavy (non-hydrogen) atoms. The Bertz CT molecular complexity index is 845. The molecule has 2 heterocycles. The van der Waals surface area contributed by atoms with Crippen LogP contribution in [0.5, 0.6) is 0 Å². The number of ether oxygens (including phenoxy) is 1. The van der Waals surface area contributed by atoms with Crippen LogP contribution < -0.4 is 5.32 Å². The van der Waals surface area contributed by atoms with Gasteiger partial charge in [-0.3, -0.25) is 9.59 Å². The maximum atomic E-state index is 13.0. The van der Waals surface area contributed by atoms with Crippen LogP contribution >= 0.6 is 0 Å². The van der Waals surface area contributed by atoms with Crippen molar-refractivity contribution in [2.24, 2.45) is 0 Å². The molecule has 0 aliphatic carbocycles. The molecule has 1 unspecified atom stereocenters. The highest BCUT2D eigenvalue weighted by Crippen LogP contribution is 2.18. The second-order valence-corrected chi connectivity index (χ2v) is 8.13. The Hall–Kier alpha value is -2.41. The number of aromatic nitrogens is 2. The first-order valence-electron chi connectivity index (χ1n) is 10.5. The van der Waals surface area contributed by atoms with Gasteiger partial charge in [0.1, 0.15) is 18.5 Å². The summed E-state index contributed by atoms with van der Waals surface area (Å²) < 4.78 is 7.41. The fourth-order valence-corrected chi connectivity index (χ4v) is 4.08. The van der Waals surface area contributed by atoms with Crippen molar-refractivity contribution >= 4 is 22.8 Å². The average Bonchev–Trinajstić information content (AvgIpc) is 3.30. The van der Waals surface area contributed by atoms with Gasteiger partial charge < -0.3 is 19.5 Å². The van der Waals surface area contributed by atoms with Crippen LogP contribution in [0.1, 0.15) is 46.4 Å². The van der Waals surface area contributed by atoms with E-state index in [-0.39, 0.29) is 36.5 Å². The number of fused-ring (bicyclic) bond motifs is 1. The van der Waals surface area contributed by atoms with Gasteiger partial charge in [-0.05, 0) is 52.7 Å². The molecule has 1 aliphatic rings. The van der Waals surface area contributed by atoms with Crippen LogP contribution in [0.15, 0.2) is 24.3 Å². The Balaban J connectivity index is 1.75. The molecule has 1 aliphatic heterocycles. The summed E-state index contributed by atoms with van der Waals surface area (Å²) in [5.41, 5.74) is 1.80. The Kier molecular flexibility index (Phi) is 6.90. The van der Waals surface area contributed by atoms with Gasteiger partial charge in [0, 0.05) is 31.7 Å². The number of imidazole rings is 1. The van der Waals surface area contributed by atoms with Crippen LogP contribution in [0.3, 0.4) is 0 Å². The molecular formula is C22H32N4O3. The summed E-state index contributed by atoms with van der Waals surface area (Å²) in [5, 5.41) is 2.94. The van der Waals surface area contributed by atoms with Gasteiger partial charge in [0.05, 0.1) is 11.0 Å². The summed E-state index contributed by atoms with van der Waals surface area (Å²) in [6, 6.07) is 8.10. The lowest BCUT2D eigenvalue weighted by Gasteiger charge is -2.31. The molecule has 2 amide bonds. The molecule has 0 spiro atoms. The Morgan fingerprint density at radius 3 is 2.62 bits per heavy atom. The first-order chi connectivity index (χ1) is 13.9. The van der Waals surface area contributed by atoms with E-state index < -0.39 is 0 Å². The second kappa shape index (κ2) is 9.39. The third-order valence-electron chi connectivity index (χ3n) is 5.30. The number of benzene rings is 1. The van der Waals surface area contributed by atoms with Gasteiger partial charge in [0.25, 0.3) is 0 Å². The molecule has 7 heteroatoms. The van der Waals surface area contributed by atoms with Gasteiger partial charge in [-0.25, -0.2) is 4.98 Å². The molecule has 1 atom stereocenters. The standard InChI is InChI=1S/C22H32N4O3/c1-15(2)26(16(3)4)21(27)14-25-18-9-6-5-8-17(18)24-20(25)11-12-23-22(28)19-10-7-13-29-19/h5-6,8-9,15-16,19H,7,10-14H2,1-4H3,(H,23,28). The van der Waals surface area contributed by atoms with Crippen molar-refractivity contribution in [3.05, 3.63) is 30.1 Å². The SMILES string of the molecule is CC(C)N(C(=O)Cn1c(CCNC(=O)C2CCCO2)nc2ccccc21)C(C)C. The number of amides is 2. The van der Waals surface area contributed by atoms with Crippen molar-refractivity contribution < 1.29 is 14.3 Å². The zero-order valence-electron chi connectivity index (χ0n) is 17.9. The Morgan fingerprint density at radius 1 is 1.24 bits per heavy atom. The molecule has 1 fully saturated rings. The maximum Gasteiger partial charge on any atom is 0.249 e. The van der Waals surface area contributed by atoms with E-state index in [1.165, 1.54) is 0 Å². The molecule has 1 saturated heterocycles. The van der Waals surface area contributed by atoms with Gasteiger partial charge in [-0.2, -0.15) is 0 Å². The number of hydrogen-bond acceptors (Lipinski definition) is 4. The van der Waals surface area contributed by atoms with Crippen molar-refractivity contribution in [3.8, 4) is 0 Å². The number of nitrogens with one attached hydrogen (secondary N) is 1. The van der Waals surface area contributed by atoms with Crippen LogP contribution in [0, 0.1) is 0 Å². The lowest BCUT2D eigenvalue weighted by Crippen LogP contribution is -2.44. The molecule has 1 aromatic heterocycles. The average molecular weight is 401 g/mol. The summed E-state index contributed by atoms with van der Waals surface area (Å²) in [6.07, 6.45) is 1.93. The third kappa shape index (κ3) is 4.96. The van der Waals surface area contributed by atoms with Crippen LogP contribution in [-0.2, 0) is 27.3 Å². The monoisotopic (exact) mass is 400 g/mol. The first-order valence-corrected chi connectivity index (χ1v) is 10.5. The predicted molar refractivity (Wildman–Crippen MR) is 113 cm³/mol. The number of carbonyl (C=O) groups excluding carboxylic acids is 2. The Morgan fingerprint density at radius 2 is 1.97 bits per heavy atom. The quantitative estimate of drug-likeness (QED) is 0.739. The molecule has 3 rings (SSSR count). The summed E-state index contributed by atoms with van der Waals surface area (Å²) in [4.78, 5) is 31.8. The number of rotatable bonds is 8. The molecule has 158 valence electrons. The van der Waals surface area contributed by atoms with Crippen LogP contribution in [-0.4, -0.2) is 57.6 Å². The number of para-hydroxylation sites is 2. The van der Waals surface area contributed by atoms with Gasteiger partial charge in [0.2, 0.25) is 11.8 Å². The van der Waals surface area contributed by atoms with E-state index in [4.69, 9.17) is 9.72 Å². The molecule has 1 aromatic carbocycles. The molecule has 0 saturated carbocycles. The minimum absolute atomic E-state index is 0.0629. The number of hydrogen-bond donors (Lipinski definition) is 1. The zero-order chi connectivity index (χ0) is 21.0. The zero-order valence-corrected chi connectivity index (χ0v) is 17.9. The third-order valence-corrected chi connectivity index (χ3v) is 5.30. The summed E-state index contributed by atoms with van der Waals surface area (Å²) >= 11 is 0. The fourth-order valence-electron chi connectivity index (χ4n) is 4.08. The molecule has 2 aromatic rings. The van der Waals surface area contributed by atoms with E-state index in [2.05, 4.69) is 5.32 Å². The maximum absolute atomic E-state index is 13.0. The highest BCUT2D eigenvalue weighted by atomic mass is 16.5. The van der Waals surface area contributed by atoms with Crippen molar-refractivity contribution in [3.63, 3.8) is 0 Å². The van der Waals surface area contributed by atoms with E-state index >= 15 is 0 Å². The van der Waals surface area contributed by atoms with E-state index in [1.54, 1.807) is 0 Å². The largest absolute Gasteiger partial charge is 0.368 e. The van der Waals surface area contributed by atoms with Gasteiger partial charge >= 0.3 is 0 Å². The fraction of sp³-hybridized carbons (Fsp3) is 0.591. The molecular weight excluding hydrogens is 368 g/mol. The summed E-state index contributed by atoms with van der Waals surface area (Å²) in [7, 11) is 0. The van der Waals surface area contributed by atoms with Gasteiger partial charge in [-0.15, -0.1) is 0 Å². The number of nitrogens with zero attached hydrogens (tertiary/aromatic N) is 3. The second-order valence-electron chi connectivity index (χ2n) is 8.13. The van der Waals surface area contributed by atoms with E-state index in [1.807, 2.05) is 61.4 Å². The van der Waals surface area contributed by atoms with Crippen LogP contribution in [0.25, 0.3) is 11.0 Å². The molecule has 7 nitrogen and oxygen atoms in total. The highest BCUT2D eigenvalue weighted by Gasteiger charge is 2.24. The van der Waals surface area contributed by atoms with Crippen molar-refractivity contribution in [1.82, 2.24) is 19.8 Å². The van der Waals surface area contributed by atoms with Gasteiger partial charge in [-0.1, -0.05) is 12.1 Å². The number of carbonyl (C=O) groups is 2. The first kappa shape index (κ1) is 21.3. The highest BCUT2D eigenvalue weighted by molar-refractivity contribution is 5.82. The van der Waals surface area contributed by atoms with Gasteiger partial charge in [0.15, 0.2) is 0 Å². The molecule has 0 radical (unpaired) electrons. The smallest absolute Gasteiger partial charge is 0.249 e. The van der Waals surface area contributed by atoms with Crippen molar-refractivity contribution in [2.45, 2.75) is 71.7 Å². The van der Waals surface area contributed by atoms with Crippen LogP contribution in [0.2, 0.25) is 0 Å². The van der Waals surface area contributed by atoms with E-state index in [0.29, 0.717) is 19.6 Å². The normalized spacial score (nSPS) is 16.7. The molecule has 1 N–H and O–H groups in total. The Labute approximate surface area is 172 Å². The lowest BCUT2D eigenvalue weighted by molar-refractivity contribution is -0.135. The van der Waals surface area contributed by atoms with Crippen LogP contribution in [0.4, 0.5) is 0 Å². The predicted octanol–water partition coefficient (Wildman–Crippen LogP) is 2.52. The van der Waals surface area contributed by atoms with E-state index in [9.17, 15) is 9.59 Å². The van der Waals surface area contributed by atoms with Crippen molar-refractivity contribution in [1.29, 1.82) is 0 Å². The summed E-state index contributed by atoms with van der Waals surface area (Å²) in [6.45, 7) is 9.49. The summed E-state index contributed by atoms with van der Waals surface area (Å²) in [5.74, 6) is 0.814. The lowest BCUT2D eigenvalue weighted by atomic mass is 10.2. The minimum atomic E-state index is -0.332. The minimum Gasteiger partial charge on any atom is -0.368 e. The topological polar surface area (TPSA) is 76.5 Å². The van der Waals surface area contributed by atoms with E-state index in [0.717, 1.165) is 29.7 Å².